The lowest BCUT2D eigenvalue weighted by Crippen LogP contribution is -2.23. The summed E-state index contributed by atoms with van der Waals surface area (Å²) < 4.78 is 0. The number of H-pyrrole nitrogens is 1. The molecule has 0 aromatic carbocycles. The first-order valence-corrected chi connectivity index (χ1v) is 4.44. The van der Waals surface area contributed by atoms with Crippen LogP contribution in [0.5, 0.6) is 5.88 Å². The highest BCUT2D eigenvalue weighted by Crippen LogP contribution is 2.26. The van der Waals surface area contributed by atoms with Gasteiger partial charge in [0.1, 0.15) is 0 Å². The molecule has 1 aromatic heterocycles. The van der Waals surface area contributed by atoms with Crippen molar-refractivity contribution in [3.8, 4) is 5.88 Å². The molecule has 2 atom stereocenters. The van der Waals surface area contributed by atoms with E-state index in [9.17, 15) is 14.7 Å². The largest absolute Gasteiger partial charge is 0.493 e. The molecule has 82 valence electrons. The second-order valence-corrected chi connectivity index (χ2v) is 3.38. The number of rotatable bonds is 3. The molecule has 15 heavy (non-hydrogen) atoms. The smallest absolute Gasteiger partial charge is 0.306 e. The second-order valence-electron chi connectivity index (χ2n) is 3.38. The molecule has 0 saturated carbocycles. The maximum Gasteiger partial charge on any atom is 0.306 e. The van der Waals surface area contributed by atoms with Crippen LogP contribution in [-0.2, 0) is 4.79 Å². The van der Waals surface area contributed by atoms with E-state index in [-0.39, 0.29) is 5.56 Å². The van der Waals surface area contributed by atoms with Crippen molar-refractivity contribution in [3.05, 3.63) is 22.2 Å². The van der Waals surface area contributed by atoms with Gasteiger partial charge in [0.2, 0.25) is 5.88 Å². The van der Waals surface area contributed by atoms with Crippen LogP contribution >= 0.6 is 0 Å². The van der Waals surface area contributed by atoms with Crippen molar-refractivity contribution in [1.82, 2.24) is 9.97 Å². The van der Waals surface area contributed by atoms with Gasteiger partial charge >= 0.3 is 5.97 Å². The number of aliphatic carboxylic acids is 1. The fourth-order valence-electron chi connectivity index (χ4n) is 1.28. The summed E-state index contributed by atoms with van der Waals surface area (Å²) in [6.45, 7) is 3.03. The summed E-state index contributed by atoms with van der Waals surface area (Å²) in [6, 6.07) is 0. The molecule has 6 heteroatoms. The molecular weight excluding hydrogens is 200 g/mol. The van der Waals surface area contributed by atoms with Gasteiger partial charge in [-0.1, -0.05) is 13.8 Å². The zero-order valence-corrected chi connectivity index (χ0v) is 8.39. The Labute approximate surface area is 85.6 Å². The van der Waals surface area contributed by atoms with E-state index in [1.165, 1.54) is 6.92 Å². The van der Waals surface area contributed by atoms with Crippen LogP contribution in [0.3, 0.4) is 0 Å². The molecule has 0 aliphatic rings. The van der Waals surface area contributed by atoms with Crippen molar-refractivity contribution < 1.29 is 15.0 Å². The number of nitrogens with zero attached hydrogens (tertiary/aromatic N) is 1. The summed E-state index contributed by atoms with van der Waals surface area (Å²) in [5.41, 5.74) is -0.504. The first kappa shape index (κ1) is 11.2. The van der Waals surface area contributed by atoms with Gasteiger partial charge in [0.05, 0.1) is 17.8 Å². The Balaban J connectivity index is 3.16. The molecule has 0 radical (unpaired) electrons. The van der Waals surface area contributed by atoms with Crippen LogP contribution in [0.1, 0.15) is 25.3 Å². The molecule has 0 aliphatic heterocycles. The molecule has 0 spiro atoms. The number of carboxylic acids is 1. The van der Waals surface area contributed by atoms with E-state index in [1.54, 1.807) is 6.92 Å². The van der Waals surface area contributed by atoms with Crippen molar-refractivity contribution in [2.24, 2.45) is 5.92 Å². The molecular formula is C9H12N2O4. The van der Waals surface area contributed by atoms with E-state index in [4.69, 9.17) is 5.11 Å². The van der Waals surface area contributed by atoms with Gasteiger partial charge in [-0.3, -0.25) is 9.59 Å². The monoisotopic (exact) mass is 212 g/mol. The van der Waals surface area contributed by atoms with Crippen molar-refractivity contribution in [2.75, 3.05) is 0 Å². The van der Waals surface area contributed by atoms with Crippen molar-refractivity contribution in [3.63, 3.8) is 0 Å². The number of nitrogens with one attached hydrogen (secondary N) is 1. The fourth-order valence-corrected chi connectivity index (χ4v) is 1.28. The average Bonchev–Trinajstić information content (AvgIpc) is 2.15. The number of hydrogen-bond acceptors (Lipinski definition) is 4. The van der Waals surface area contributed by atoms with E-state index in [0.717, 1.165) is 6.33 Å². The highest BCUT2D eigenvalue weighted by atomic mass is 16.4. The molecule has 0 bridgehead atoms. The van der Waals surface area contributed by atoms with Gasteiger partial charge in [-0.15, -0.1) is 0 Å². The minimum atomic E-state index is -1.02. The van der Waals surface area contributed by atoms with Crippen LogP contribution in [0.15, 0.2) is 11.1 Å². The third kappa shape index (κ3) is 2.15. The van der Waals surface area contributed by atoms with Gasteiger partial charge in [-0.2, -0.15) is 0 Å². The summed E-state index contributed by atoms with van der Waals surface area (Å²) in [5, 5.41) is 18.1. The number of hydrogen-bond donors (Lipinski definition) is 3. The third-order valence-electron chi connectivity index (χ3n) is 2.46. The zero-order chi connectivity index (χ0) is 11.6. The Morgan fingerprint density at radius 3 is 2.60 bits per heavy atom. The lowest BCUT2D eigenvalue weighted by Gasteiger charge is -2.15. The Bertz CT molecular complexity index is 426. The van der Waals surface area contributed by atoms with Gasteiger partial charge in [-0.05, 0) is 0 Å². The number of aromatic amines is 1. The minimum Gasteiger partial charge on any atom is -0.493 e. The van der Waals surface area contributed by atoms with Crippen LogP contribution in [0, 0.1) is 5.92 Å². The Hall–Kier alpha value is -1.85. The standard InChI is InChI=1S/C9H12N2O4/c1-4(5(2)9(14)15)6-7(12)10-3-11-8(6)13/h3-5H,1-2H3,(H,14,15)(H2,10,11,12,13). The molecule has 2 unspecified atom stereocenters. The second kappa shape index (κ2) is 4.12. The van der Waals surface area contributed by atoms with E-state index < -0.39 is 29.2 Å². The van der Waals surface area contributed by atoms with E-state index in [1.807, 2.05) is 0 Å². The molecule has 1 rings (SSSR count). The number of carbonyl (C=O) groups is 1. The summed E-state index contributed by atoms with van der Waals surface area (Å²) in [6.07, 6.45) is 1.07. The molecule has 0 amide bonds. The molecule has 0 aliphatic carbocycles. The van der Waals surface area contributed by atoms with Gasteiger partial charge in [0.15, 0.2) is 0 Å². The van der Waals surface area contributed by atoms with Gasteiger partial charge in [0, 0.05) is 5.92 Å². The predicted molar refractivity (Wildman–Crippen MR) is 51.7 cm³/mol. The van der Waals surface area contributed by atoms with Crippen molar-refractivity contribution in [1.29, 1.82) is 0 Å². The molecule has 1 heterocycles. The number of carboxylic acid groups (broad SMARTS) is 1. The lowest BCUT2D eigenvalue weighted by atomic mass is 9.90. The topological polar surface area (TPSA) is 103 Å². The van der Waals surface area contributed by atoms with Crippen LogP contribution < -0.4 is 5.56 Å². The lowest BCUT2D eigenvalue weighted by molar-refractivity contribution is -0.141. The highest BCUT2D eigenvalue weighted by molar-refractivity contribution is 5.70. The van der Waals surface area contributed by atoms with Gasteiger partial charge in [0.25, 0.3) is 5.56 Å². The van der Waals surface area contributed by atoms with Crippen LogP contribution in [-0.4, -0.2) is 26.2 Å². The van der Waals surface area contributed by atoms with Crippen molar-refractivity contribution >= 4 is 5.97 Å². The summed E-state index contributed by atoms with van der Waals surface area (Å²) >= 11 is 0. The first-order chi connectivity index (χ1) is 6.95. The Morgan fingerprint density at radius 2 is 2.13 bits per heavy atom. The molecule has 6 nitrogen and oxygen atoms in total. The maximum atomic E-state index is 11.4. The Morgan fingerprint density at radius 1 is 1.53 bits per heavy atom. The number of aromatic nitrogens is 2. The normalized spacial score (nSPS) is 14.5. The molecule has 3 N–H and O–H groups in total. The zero-order valence-electron chi connectivity index (χ0n) is 8.39. The highest BCUT2D eigenvalue weighted by Gasteiger charge is 2.26. The Kier molecular flexibility index (Phi) is 3.08. The first-order valence-electron chi connectivity index (χ1n) is 4.44. The van der Waals surface area contributed by atoms with E-state index >= 15 is 0 Å². The maximum absolute atomic E-state index is 11.4. The number of aromatic hydroxyl groups is 1. The van der Waals surface area contributed by atoms with E-state index in [2.05, 4.69) is 9.97 Å². The predicted octanol–water partition coefficient (Wildman–Crippen LogP) is 0.300. The summed E-state index contributed by atoms with van der Waals surface area (Å²) in [7, 11) is 0. The third-order valence-corrected chi connectivity index (χ3v) is 2.46. The quantitative estimate of drug-likeness (QED) is 0.668. The van der Waals surface area contributed by atoms with Gasteiger partial charge < -0.3 is 15.2 Å². The molecule has 0 saturated heterocycles. The average molecular weight is 212 g/mol. The van der Waals surface area contributed by atoms with Crippen molar-refractivity contribution in [2.45, 2.75) is 19.8 Å². The minimum absolute atomic E-state index is 0.00685. The van der Waals surface area contributed by atoms with Crippen LogP contribution in [0.25, 0.3) is 0 Å². The summed E-state index contributed by atoms with van der Waals surface area (Å²) in [5.74, 6) is -2.80. The fraction of sp³-hybridized carbons (Fsp3) is 0.444. The SMILES string of the molecule is CC(C(=O)O)C(C)c1c(O)nc[nH]c1=O. The summed E-state index contributed by atoms with van der Waals surface area (Å²) in [4.78, 5) is 27.9. The van der Waals surface area contributed by atoms with Gasteiger partial charge in [-0.25, -0.2) is 4.98 Å². The molecule has 0 fully saturated rings. The van der Waals surface area contributed by atoms with Crippen LogP contribution in [0.4, 0.5) is 0 Å². The van der Waals surface area contributed by atoms with Crippen LogP contribution in [0.2, 0.25) is 0 Å². The van der Waals surface area contributed by atoms with E-state index in [0.29, 0.717) is 0 Å². The molecule has 1 aromatic rings.